The molecule has 7 heteroatoms. The van der Waals surface area contributed by atoms with E-state index in [0.29, 0.717) is 22.9 Å². The van der Waals surface area contributed by atoms with Crippen LogP contribution in [0.3, 0.4) is 0 Å². The minimum absolute atomic E-state index is 0.0762. The molecule has 0 bridgehead atoms. The first-order valence-electron chi connectivity index (χ1n) is 6.63. The molecule has 0 atom stereocenters. The Kier molecular flexibility index (Phi) is 2.59. The van der Waals surface area contributed by atoms with Crippen LogP contribution in [0.4, 0.5) is 5.82 Å². The van der Waals surface area contributed by atoms with Crippen molar-refractivity contribution in [2.75, 3.05) is 5.73 Å². The fraction of sp³-hybridized carbons (Fsp3) is 0. The van der Waals surface area contributed by atoms with Crippen molar-refractivity contribution in [2.45, 2.75) is 0 Å². The highest BCUT2D eigenvalue weighted by Crippen LogP contribution is 2.28. The number of nitrogens with zero attached hydrogens (tertiary/aromatic N) is 4. The second-order valence-corrected chi connectivity index (χ2v) is 4.83. The summed E-state index contributed by atoms with van der Waals surface area (Å²) in [6.45, 7) is 0. The van der Waals surface area contributed by atoms with Crippen molar-refractivity contribution in [1.29, 1.82) is 0 Å². The number of nitrogens with one attached hydrogen (secondary N) is 1. The number of fused-ring (bicyclic) bond motifs is 1. The maximum Gasteiger partial charge on any atom is 0.236 e. The van der Waals surface area contributed by atoms with Gasteiger partial charge in [0.15, 0.2) is 0 Å². The van der Waals surface area contributed by atoms with Gasteiger partial charge in [-0.25, -0.2) is 9.97 Å². The summed E-state index contributed by atoms with van der Waals surface area (Å²) in [5, 5.41) is 11.9. The average molecular weight is 291 g/mol. The van der Waals surface area contributed by atoms with Crippen LogP contribution in [0.15, 0.2) is 49.2 Å². The average Bonchev–Trinajstić information content (AvgIpc) is 3.15. The SMILES string of the molecule is Nc1nc2nc(-c3ccccc3[O-])cn2cc1-c1cnc[nH]1. The minimum Gasteiger partial charge on any atom is -0.872 e. The number of imidazole rings is 2. The molecule has 0 amide bonds. The first-order valence-corrected chi connectivity index (χ1v) is 6.63. The molecule has 0 aliphatic rings. The first kappa shape index (κ1) is 12.4. The highest BCUT2D eigenvalue weighted by atomic mass is 16.3. The molecule has 0 saturated heterocycles. The van der Waals surface area contributed by atoms with Crippen molar-refractivity contribution >= 4 is 11.6 Å². The highest BCUT2D eigenvalue weighted by Gasteiger charge is 2.11. The van der Waals surface area contributed by atoms with Crippen molar-refractivity contribution in [3.63, 3.8) is 0 Å². The van der Waals surface area contributed by atoms with E-state index in [1.54, 1.807) is 41.3 Å². The maximum absolute atomic E-state index is 11.9. The summed E-state index contributed by atoms with van der Waals surface area (Å²) in [5.41, 5.74) is 8.58. The molecule has 0 fully saturated rings. The van der Waals surface area contributed by atoms with E-state index in [4.69, 9.17) is 5.73 Å². The number of nitrogen functional groups attached to an aromatic ring is 1. The van der Waals surface area contributed by atoms with E-state index in [1.807, 2.05) is 6.20 Å². The standard InChI is InChI=1S/C15H12N6O/c16-14-10(11-5-17-8-18-11)6-21-7-12(19-15(21)20-14)9-3-1-2-4-13(9)22/h1-8,22H,(H,17,18)(H2,16,19,20)/p-1. The Hall–Kier alpha value is -3.35. The number of aromatic nitrogens is 5. The zero-order valence-electron chi connectivity index (χ0n) is 11.4. The van der Waals surface area contributed by atoms with Gasteiger partial charge < -0.3 is 15.8 Å². The lowest BCUT2D eigenvalue weighted by atomic mass is 10.1. The van der Waals surface area contributed by atoms with E-state index in [9.17, 15) is 5.11 Å². The Morgan fingerprint density at radius 2 is 1.95 bits per heavy atom. The predicted octanol–water partition coefficient (Wildman–Crippen LogP) is 1.44. The number of para-hydroxylation sites is 1. The number of anilines is 1. The fourth-order valence-corrected chi connectivity index (χ4v) is 2.35. The topological polar surface area (TPSA) is 108 Å². The Labute approximate surface area is 125 Å². The molecule has 0 aliphatic heterocycles. The molecule has 0 spiro atoms. The lowest BCUT2D eigenvalue weighted by Crippen LogP contribution is -1.98. The molecule has 3 aromatic heterocycles. The van der Waals surface area contributed by atoms with E-state index in [1.165, 1.54) is 6.07 Å². The van der Waals surface area contributed by atoms with E-state index < -0.39 is 0 Å². The van der Waals surface area contributed by atoms with Crippen LogP contribution in [0.5, 0.6) is 5.75 Å². The third-order valence-corrected chi connectivity index (χ3v) is 3.43. The van der Waals surface area contributed by atoms with Gasteiger partial charge >= 0.3 is 0 Å². The molecule has 1 aromatic carbocycles. The molecule has 0 radical (unpaired) electrons. The largest absolute Gasteiger partial charge is 0.872 e. The monoisotopic (exact) mass is 291 g/mol. The van der Waals surface area contributed by atoms with Crippen LogP contribution in [-0.2, 0) is 0 Å². The summed E-state index contributed by atoms with van der Waals surface area (Å²) in [6.07, 6.45) is 6.82. The van der Waals surface area contributed by atoms with Gasteiger partial charge in [0.2, 0.25) is 5.78 Å². The van der Waals surface area contributed by atoms with Crippen molar-refractivity contribution in [3.05, 3.63) is 49.2 Å². The number of hydrogen-bond acceptors (Lipinski definition) is 5. The molecule has 0 unspecified atom stereocenters. The molecule has 108 valence electrons. The first-order chi connectivity index (χ1) is 10.7. The van der Waals surface area contributed by atoms with Crippen LogP contribution in [0.1, 0.15) is 0 Å². The second-order valence-electron chi connectivity index (χ2n) is 4.83. The zero-order valence-corrected chi connectivity index (χ0v) is 11.4. The fourth-order valence-electron chi connectivity index (χ4n) is 2.35. The Morgan fingerprint density at radius 3 is 2.73 bits per heavy atom. The Bertz CT molecular complexity index is 958. The molecule has 7 nitrogen and oxygen atoms in total. The molecule has 3 heterocycles. The van der Waals surface area contributed by atoms with Gasteiger partial charge in [0.1, 0.15) is 5.82 Å². The van der Waals surface area contributed by atoms with Gasteiger partial charge in [-0.3, -0.25) is 4.40 Å². The molecule has 0 saturated carbocycles. The van der Waals surface area contributed by atoms with E-state index in [-0.39, 0.29) is 5.75 Å². The Balaban J connectivity index is 1.90. The van der Waals surface area contributed by atoms with Gasteiger partial charge in [0.05, 0.1) is 29.5 Å². The second kappa shape index (κ2) is 4.59. The number of rotatable bonds is 2. The summed E-state index contributed by atoms with van der Waals surface area (Å²) in [4.78, 5) is 15.6. The van der Waals surface area contributed by atoms with E-state index in [0.717, 1.165) is 11.3 Å². The molecule has 4 aromatic rings. The molecular formula is C15H11N6O-. The van der Waals surface area contributed by atoms with Crippen LogP contribution in [0.2, 0.25) is 0 Å². The van der Waals surface area contributed by atoms with Crippen molar-refractivity contribution in [2.24, 2.45) is 0 Å². The lowest BCUT2D eigenvalue weighted by Gasteiger charge is -2.09. The quantitative estimate of drug-likeness (QED) is 0.581. The van der Waals surface area contributed by atoms with Crippen LogP contribution in [-0.4, -0.2) is 24.3 Å². The molecular weight excluding hydrogens is 280 g/mol. The van der Waals surface area contributed by atoms with Crippen molar-refractivity contribution in [1.82, 2.24) is 24.3 Å². The maximum atomic E-state index is 11.9. The summed E-state index contributed by atoms with van der Waals surface area (Å²) in [7, 11) is 0. The van der Waals surface area contributed by atoms with Gasteiger partial charge in [0, 0.05) is 12.4 Å². The minimum atomic E-state index is -0.0762. The van der Waals surface area contributed by atoms with Gasteiger partial charge in [-0.15, -0.1) is 0 Å². The van der Waals surface area contributed by atoms with Crippen molar-refractivity contribution < 1.29 is 5.11 Å². The number of aromatic amines is 1. The Morgan fingerprint density at radius 1 is 1.09 bits per heavy atom. The third-order valence-electron chi connectivity index (χ3n) is 3.43. The number of benzene rings is 1. The van der Waals surface area contributed by atoms with Crippen LogP contribution in [0, 0.1) is 0 Å². The smallest absolute Gasteiger partial charge is 0.236 e. The van der Waals surface area contributed by atoms with Crippen LogP contribution >= 0.6 is 0 Å². The van der Waals surface area contributed by atoms with Gasteiger partial charge in [-0.1, -0.05) is 30.0 Å². The summed E-state index contributed by atoms with van der Waals surface area (Å²) in [5.74, 6) is 0.719. The van der Waals surface area contributed by atoms with Gasteiger partial charge in [-0.2, -0.15) is 4.98 Å². The lowest BCUT2D eigenvalue weighted by molar-refractivity contribution is -0.267. The van der Waals surface area contributed by atoms with Crippen LogP contribution in [0.25, 0.3) is 28.3 Å². The number of H-pyrrole nitrogens is 1. The number of nitrogens with two attached hydrogens (primary N) is 1. The molecule has 0 aliphatic carbocycles. The van der Waals surface area contributed by atoms with Gasteiger partial charge in [-0.05, 0) is 5.56 Å². The molecule has 3 N–H and O–H groups in total. The highest BCUT2D eigenvalue weighted by molar-refractivity contribution is 5.73. The normalized spacial score (nSPS) is 11.1. The molecule has 22 heavy (non-hydrogen) atoms. The van der Waals surface area contributed by atoms with E-state index >= 15 is 0 Å². The summed E-state index contributed by atoms with van der Waals surface area (Å²) < 4.78 is 1.74. The molecule has 4 rings (SSSR count). The van der Waals surface area contributed by atoms with E-state index in [2.05, 4.69) is 19.9 Å². The third kappa shape index (κ3) is 1.87. The predicted molar refractivity (Wildman–Crippen MR) is 79.9 cm³/mol. The van der Waals surface area contributed by atoms with Crippen LogP contribution < -0.4 is 10.8 Å². The summed E-state index contributed by atoms with van der Waals surface area (Å²) in [6, 6.07) is 6.76. The number of hydrogen-bond donors (Lipinski definition) is 2. The van der Waals surface area contributed by atoms with Crippen molar-refractivity contribution in [3.8, 4) is 28.3 Å². The summed E-state index contributed by atoms with van der Waals surface area (Å²) >= 11 is 0. The van der Waals surface area contributed by atoms with Gasteiger partial charge in [0.25, 0.3) is 0 Å². The zero-order chi connectivity index (χ0) is 15.1.